The van der Waals surface area contributed by atoms with E-state index in [9.17, 15) is 0 Å². The van der Waals surface area contributed by atoms with E-state index in [0.29, 0.717) is 29.6 Å². The summed E-state index contributed by atoms with van der Waals surface area (Å²) in [6, 6.07) is 2.35. The second kappa shape index (κ2) is 8.23. The van der Waals surface area contributed by atoms with Crippen LogP contribution in [0.25, 0.3) is 0 Å². The number of rotatable bonds is 7. The van der Waals surface area contributed by atoms with Crippen LogP contribution in [-0.2, 0) is 0 Å². The molecular formula is C21H47N2P2Si+. The highest BCUT2D eigenvalue weighted by atomic mass is 32.1. The molecule has 0 N–H and O–H groups in total. The fourth-order valence-electron chi connectivity index (χ4n) is 4.73. The van der Waals surface area contributed by atoms with Crippen molar-refractivity contribution in [3.05, 3.63) is 10.3 Å². The molecule has 0 amide bonds. The first-order chi connectivity index (χ1) is 11.5. The molecule has 0 aliphatic carbocycles. The number of nitrogens with zero attached hydrogens (tertiary/aromatic N) is 2. The van der Waals surface area contributed by atoms with Gasteiger partial charge < -0.3 is 0 Å². The van der Waals surface area contributed by atoms with Crippen LogP contribution >= 0.6 is 15.5 Å². The molecule has 0 bridgehead atoms. The maximum absolute atomic E-state index is 2.95. The molecule has 1 aliphatic rings. The average molecular weight is 418 g/mol. The van der Waals surface area contributed by atoms with Gasteiger partial charge in [0, 0.05) is 29.5 Å². The third-order valence-electron chi connectivity index (χ3n) is 5.06. The Kier molecular flexibility index (Phi) is 7.84. The van der Waals surface area contributed by atoms with Gasteiger partial charge in [0.1, 0.15) is 16.3 Å². The van der Waals surface area contributed by atoms with Crippen LogP contribution in [0.15, 0.2) is 10.3 Å². The summed E-state index contributed by atoms with van der Waals surface area (Å²) in [5.41, 5.74) is 0.302. The van der Waals surface area contributed by atoms with Crippen molar-refractivity contribution < 1.29 is 0 Å². The van der Waals surface area contributed by atoms with Gasteiger partial charge in [-0.2, -0.15) is 9.34 Å². The molecular weight excluding hydrogens is 370 g/mol. The van der Waals surface area contributed by atoms with Crippen LogP contribution in [0.5, 0.6) is 0 Å². The SMILES string of the molecule is CC(C)N(C(C)C)[P+]1(N(C(C)C)C(C)C)PC(C(C)(C)C)=C1[Si](C)(C)C. The monoisotopic (exact) mass is 417 g/mol. The molecule has 1 unspecified atom stereocenters. The predicted octanol–water partition coefficient (Wildman–Crippen LogP) is 7.81. The molecule has 0 aromatic carbocycles. The van der Waals surface area contributed by atoms with Crippen LogP contribution in [-0.4, -0.2) is 41.6 Å². The van der Waals surface area contributed by atoms with Gasteiger partial charge in [0.25, 0.3) is 0 Å². The molecule has 0 radical (unpaired) electrons. The quantitative estimate of drug-likeness (QED) is 0.308. The first-order valence-corrected chi connectivity index (χ1v) is 17.5. The van der Waals surface area contributed by atoms with Crippen molar-refractivity contribution in [2.75, 3.05) is 0 Å². The van der Waals surface area contributed by atoms with Gasteiger partial charge in [0.05, 0.1) is 4.94 Å². The van der Waals surface area contributed by atoms with Crippen molar-refractivity contribution in [3.63, 3.8) is 0 Å². The van der Waals surface area contributed by atoms with E-state index in [0.717, 1.165) is 8.27 Å². The molecule has 26 heavy (non-hydrogen) atoms. The molecule has 1 aliphatic heterocycles. The van der Waals surface area contributed by atoms with E-state index in [1.807, 2.05) is 10.3 Å². The summed E-state index contributed by atoms with van der Waals surface area (Å²) in [6.07, 6.45) is 0. The first kappa shape index (κ1) is 24.8. The molecule has 1 atom stereocenters. The molecule has 0 spiro atoms. The smallest absolute Gasteiger partial charge is 0.153 e. The van der Waals surface area contributed by atoms with Crippen molar-refractivity contribution >= 4 is 23.6 Å². The Labute approximate surface area is 168 Å². The lowest BCUT2D eigenvalue weighted by Gasteiger charge is -2.58. The summed E-state index contributed by atoms with van der Waals surface area (Å²) in [7, 11) is -1.91. The van der Waals surface area contributed by atoms with E-state index < -0.39 is 15.3 Å². The Morgan fingerprint density at radius 2 is 1.04 bits per heavy atom. The van der Waals surface area contributed by atoms with Crippen molar-refractivity contribution in [2.45, 2.75) is 120 Å². The van der Waals surface area contributed by atoms with E-state index in [2.05, 4.69) is 105 Å². The fraction of sp³-hybridized carbons (Fsp3) is 0.905. The zero-order chi connectivity index (χ0) is 20.8. The van der Waals surface area contributed by atoms with Crippen LogP contribution in [0.2, 0.25) is 19.6 Å². The average Bonchev–Trinajstić information content (AvgIpc) is 2.29. The van der Waals surface area contributed by atoms with Gasteiger partial charge in [-0.05, 0) is 60.8 Å². The van der Waals surface area contributed by atoms with Gasteiger partial charge in [0.15, 0.2) is 7.25 Å². The molecule has 1 rings (SSSR count). The lowest BCUT2D eigenvalue weighted by atomic mass is 9.97. The minimum absolute atomic E-state index is 0.302. The molecule has 1 heterocycles. The highest BCUT2D eigenvalue weighted by Gasteiger charge is 2.69. The lowest BCUT2D eigenvalue weighted by molar-refractivity contribution is 0.255. The van der Waals surface area contributed by atoms with Crippen LogP contribution in [0.4, 0.5) is 0 Å². The van der Waals surface area contributed by atoms with Crippen LogP contribution < -0.4 is 0 Å². The van der Waals surface area contributed by atoms with Gasteiger partial charge in [-0.25, -0.2) is 0 Å². The molecule has 0 aromatic rings. The number of allylic oxidation sites excluding steroid dienone is 1. The molecule has 0 saturated heterocycles. The van der Waals surface area contributed by atoms with E-state index >= 15 is 0 Å². The normalized spacial score (nSPS) is 19.8. The minimum atomic E-state index is -1.46. The standard InChI is InChI=1S/C21H47N2P2Si/c1-15(2)22(16(3)4)25(23(17(5)6)18(7)8)20(26(12,13)14)19(24-25)21(9,10)11/h15-18,24H,1-14H3/q+1. The summed E-state index contributed by atoms with van der Waals surface area (Å²) in [5.74, 6) is 0. The van der Waals surface area contributed by atoms with Crippen molar-refractivity contribution in [3.8, 4) is 0 Å². The van der Waals surface area contributed by atoms with Crippen LogP contribution in [0.1, 0.15) is 76.2 Å². The third-order valence-corrected chi connectivity index (χ3v) is 20.0. The largest absolute Gasteiger partial charge is 0.197 e. The second-order valence-electron chi connectivity index (χ2n) is 11.1. The molecule has 2 nitrogen and oxygen atoms in total. The van der Waals surface area contributed by atoms with Gasteiger partial charge in [0.2, 0.25) is 0 Å². The summed E-state index contributed by atoms with van der Waals surface area (Å²) >= 11 is 0. The first-order valence-electron chi connectivity index (χ1n) is 10.5. The van der Waals surface area contributed by atoms with Crippen molar-refractivity contribution in [2.24, 2.45) is 5.41 Å². The maximum atomic E-state index is 2.95. The third kappa shape index (κ3) is 4.49. The van der Waals surface area contributed by atoms with Gasteiger partial charge in [-0.1, -0.05) is 40.4 Å². The highest BCUT2D eigenvalue weighted by Crippen LogP contribution is 2.97. The summed E-state index contributed by atoms with van der Waals surface area (Å²) in [4.78, 5) is 1.93. The van der Waals surface area contributed by atoms with E-state index in [-0.39, 0.29) is 0 Å². The Bertz CT molecular complexity index is 489. The minimum Gasteiger partial charge on any atom is -0.153 e. The van der Waals surface area contributed by atoms with Crippen LogP contribution in [0, 0.1) is 5.41 Å². The topological polar surface area (TPSA) is 6.48 Å². The highest BCUT2D eigenvalue weighted by molar-refractivity contribution is 8.36. The van der Waals surface area contributed by atoms with E-state index in [4.69, 9.17) is 0 Å². The molecule has 0 fully saturated rings. The Balaban J connectivity index is 3.87. The van der Waals surface area contributed by atoms with Crippen molar-refractivity contribution in [1.82, 2.24) is 9.34 Å². The Morgan fingerprint density at radius 3 is 1.23 bits per heavy atom. The molecule has 154 valence electrons. The zero-order valence-corrected chi connectivity index (χ0v) is 23.0. The fourth-order valence-corrected chi connectivity index (χ4v) is 26.8. The summed E-state index contributed by atoms with van der Waals surface area (Å²) in [5, 5.41) is 1.81. The zero-order valence-electron chi connectivity index (χ0n) is 20.2. The number of hydrogen-bond donors (Lipinski definition) is 0. The predicted molar refractivity (Wildman–Crippen MR) is 129 cm³/mol. The molecule has 0 saturated carbocycles. The Morgan fingerprint density at radius 1 is 0.731 bits per heavy atom. The Hall–Kier alpha value is 0.737. The molecule has 0 aromatic heterocycles. The van der Waals surface area contributed by atoms with E-state index in [1.54, 1.807) is 0 Å². The molecule has 5 heteroatoms. The summed E-state index contributed by atoms with van der Waals surface area (Å²) < 4.78 is 5.91. The lowest BCUT2D eigenvalue weighted by Crippen LogP contribution is -2.52. The second-order valence-corrected chi connectivity index (χ2v) is 22.3. The summed E-state index contributed by atoms with van der Waals surface area (Å²) in [6.45, 7) is 34.4. The van der Waals surface area contributed by atoms with Crippen molar-refractivity contribution in [1.29, 1.82) is 0 Å². The number of hydrogen-bond acceptors (Lipinski definition) is 2. The van der Waals surface area contributed by atoms with E-state index in [1.165, 1.54) is 0 Å². The maximum Gasteiger partial charge on any atom is 0.197 e. The van der Waals surface area contributed by atoms with Gasteiger partial charge in [-0.3, -0.25) is 0 Å². The van der Waals surface area contributed by atoms with Crippen LogP contribution in [0.3, 0.4) is 0 Å². The van der Waals surface area contributed by atoms with Gasteiger partial charge in [-0.15, -0.1) is 0 Å². The van der Waals surface area contributed by atoms with Gasteiger partial charge >= 0.3 is 0 Å².